The summed E-state index contributed by atoms with van der Waals surface area (Å²) >= 11 is 0. The van der Waals surface area contributed by atoms with E-state index in [4.69, 9.17) is 10.5 Å². The number of amides is 2. The van der Waals surface area contributed by atoms with Crippen LogP contribution in [0.4, 0.5) is 17.1 Å². The fourth-order valence-electron chi connectivity index (χ4n) is 5.05. The minimum atomic E-state index is -0.314. The molecule has 0 aliphatic carbocycles. The molecule has 0 saturated carbocycles. The molecule has 3 atom stereocenters. The highest BCUT2D eigenvalue weighted by Crippen LogP contribution is 2.36. The molecular formula is C32H41N5O4. The molecule has 0 unspecified atom stereocenters. The summed E-state index contributed by atoms with van der Waals surface area (Å²) in [4.78, 5) is 32.1. The Bertz CT molecular complexity index is 1360. The summed E-state index contributed by atoms with van der Waals surface area (Å²) in [6.07, 6.45) is -0.206. The van der Waals surface area contributed by atoms with Crippen molar-refractivity contribution in [3.8, 4) is 5.75 Å². The normalized spacial score (nSPS) is 17.7. The first kappa shape index (κ1) is 29.9. The Labute approximate surface area is 242 Å². The number of aliphatic hydroxyl groups is 1. The minimum absolute atomic E-state index is 0.00950. The van der Waals surface area contributed by atoms with Crippen molar-refractivity contribution < 1.29 is 19.4 Å². The van der Waals surface area contributed by atoms with E-state index in [1.54, 1.807) is 23.1 Å². The lowest BCUT2D eigenvalue weighted by atomic mass is 9.98. The lowest BCUT2D eigenvalue weighted by Gasteiger charge is -2.39. The highest BCUT2D eigenvalue weighted by atomic mass is 16.5. The van der Waals surface area contributed by atoms with E-state index in [-0.39, 0.29) is 36.5 Å². The molecule has 9 nitrogen and oxygen atoms in total. The van der Waals surface area contributed by atoms with Gasteiger partial charge in [0.05, 0.1) is 35.3 Å². The number of benzene rings is 3. The van der Waals surface area contributed by atoms with Crippen LogP contribution in [0.2, 0.25) is 0 Å². The first-order chi connectivity index (χ1) is 19.6. The van der Waals surface area contributed by atoms with Crippen molar-refractivity contribution in [1.29, 1.82) is 0 Å². The van der Waals surface area contributed by atoms with Gasteiger partial charge in [-0.25, -0.2) is 0 Å². The zero-order valence-corrected chi connectivity index (χ0v) is 24.5. The molecule has 1 heterocycles. The van der Waals surface area contributed by atoms with Gasteiger partial charge in [0, 0.05) is 45.2 Å². The number of rotatable bonds is 9. The number of carbonyl (C=O) groups excluding carboxylic acids is 2. The number of nitrogen functional groups attached to an aromatic ring is 1. The van der Waals surface area contributed by atoms with E-state index in [1.807, 2.05) is 81.5 Å². The lowest BCUT2D eigenvalue weighted by Crippen LogP contribution is -2.49. The van der Waals surface area contributed by atoms with Gasteiger partial charge in [-0.05, 0) is 55.9 Å². The number of nitrogens with two attached hydrogens (primary N) is 1. The summed E-state index contributed by atoms with van der Waals surface area (Å²) in [7, 11) is 5.89. The number of fused-ring (bicyclic) bond motifs is 1. The molecule has 9 heteroatoms. The fraction of sp³-hybridized carbons (Fsp3) is 0.375. The quantitative estimate of drug-likeness (QED) is 0.341. The van der Waals surface area contributed by atoms with E-state index in [2.05, 4.69) is 17.1 Å². The van der Waals surface area contributed by atoms with Crippen molar-refractivity contribution >= 4 is 28.9 Å². The minimum Gasteiger partial charge on any atom is -0.486 e. The third kappa shape index (κ3) is 6.99. The summed E-state index contributed by atoms with van der Waals surface area (Å²) in [6.45, 7) is 5.58. The van der Waals surface area contributed by atoms with Crippen molar-refractivity contribution in [2.24, 2.45) is 5.92 Å². The van der Waals surface area contributed by atoms with E-state index in [0.717, 1.165) is 11.3 Å². The summed E-state index contributed by atoms with van der Waals surface area (Å²) in [5.41, 5.74) is 10.00. The maximum absolute atomic E-state index is 13.5. The maximum Gasteiger partial charge on any atom is 0.258 e. The van der Waals surface area contributed by atoms with Crippen molar-refractivity contribution in [2.75, 3.05) is 56.8 Å². The fourth-order valence-corrected chi connectivity index (χ4v) is 5.05. The Kier molecular flexibility index (Phi) is 9.52. The molecule has 0 spiro atoms. The van der Waals surface area contributed by atoms with Crippen molar-refractivity contribution in [3.05, 3.63) is 83.4 Å². The van der Waals surface area contributed by atoms with Gasteiger partial charge in [-0.3, -0.25) is 14.5 Å². The summed E-state index contributed by atoms with van der Waals surface area (Å²) in [5, 5.41) is 12.7. The molecule has 218 valence electrons. The predicted molar refractivity (Wildman–Crippen MR) is 164 cm³/mol. The van der Waals surface area contributed by atoms with Gasteiger partial charge >= 0.3 is 0 Å². The van der Waals surface area contributed by atoms with Crippen LogP contribution in [0, 0.1) is 5.92 Å². The standard InChI is InChI=1S/C32H41N5O4/c1-21-17-37(22(2)20-38)32(40)25-9-8-12-28(35(3)4)30(25)41-29(21)19-36(5)18-23-13-15-24(16-14-23)31(39)34-27-11-7-6-10-26(27)33/h6-16,21-22,29,38H,17-20,33H2,1-5H3,(H,34,39)/t21-,22-,29-/m1/s1. The van der Waals surface area contributed by atoms with Crippen LogP contribution in [-0.2, 0) is 6.54 Å². The molecule has 4 N–H and O–H groups in total. The first-order valence-electron chi connectivity index (χ1n) is 13.9. The Morgan fingerprint density at radius 3 is 2.46 bits per heavy atom. The second kappa shape index (κ2) is 13.1. The van der Waals surface area contributed by atoms with Crippen LogP contribution in [0.3, 0.4) is 0 Å². The number of anilines is 3. The third-order valence-electron chi connectivity index (χ3n) is 7.52. The molecule has 41 heavy (non-hydrogen) atoms. The van der Waals surface area contributed by atoms with Crippen LogP contribution in [0.15, 0.2) is 66.7 Å². The molecule has 0 bridgehead atoms. The number of para-hydroxylation sites is 3. The highest BCUT2D eigenvalue weighted by Gasteiger charge is 2.34. The van der Waals surface area contributed by atoms with Gasteiger partial charge in [-0.1, -0.05) is 37.3 Å². The molecule has 2 amide bonds. The van der Waals surface area contributed by atoms with E-state index in [1.165, 1.54) is 0 Å². The largest absolute Gasteiger partial charge is 0.486 e. The van der Waals surface area contributed by atoms with Crippen molar-refractivity contribution in [1.82, 2.24) is 9.80 Å². The van der Waals surface area contributed by atoms with Crippen LogP contribution in [-0.4, -0.2) is 79.7 Å². The third-order valence-corrected chi connectivity index (χ3v) is 7.52. The van der Waals surface area contributed by atoms with Gasteiger partial charge in [-0.15, -0.1) is 0 Å². The Morgan fingerprint density at radius 2 is 1.80 bits per heavy atom. The van der Waals surface area contributed by atoms with Crippen LogP contribution < -0.4 is 20.7 Å². The van der Waals surface area contributed by atoms with Gasteiger partial charge in [0.15, 0.2) is 5.75 Å². The highest BCUT2D eigenvalue weighted by molar-refractivity contribution is 6.05. The average molecular weight is 560 g/mol. The lowest BCUT2D eigenvalue weighted by molar-refractivity contribution is 0.0343. The smallest absolute Gasteiger partial charge is 0.258 e. The topological polar surface area (TPSA) is 111 Å². The van der Waals surface area contributed by atoms with Crippen molar-refractivity contribution in [3.63, 3.8) is 0 Å². The van der Waals surface area contributed by atoms with Crippen LogP contribution >= 0.6 is 0 Å². The molecule has 1 aliphatic rings. The number of ether oxygens (including phenoxy) is 1. The Morgan fingerprint density at radius 1 is 1.10 bits per heavy atom. The molecule has 1 aliphatic heterocycles. The number of likely N-dealkylation sites (N-methyl/N-ethyl adjacent to an activating group) is 1. The summed E-state index contributed by atoms with van der Waals surface area (Å²) in [5.74, 6) is 0.223. The molecule has 0 fully saturated rings. The van der Waals surface area contributed by atoms with E-state index >= 15 is 0 Å². The predicted octanol–water partition coefficient (Wildman–Crippen LogP) is 3.94. The van der Waals surface area contributed by atoms with Crippen molar-refractivity contribution in [2.45, 2.75) is 32.5 Å². The zero-order chi connectivity index (χ0) is 29.7. The molecule has 0 radical (unpaired) electrons. The second-order valence-electron chi connectivity index (χ2n) is 11.1. The van der Waals surface area contributed by atoms with E-state index in [0.29, 0.717) is 47.9 Å². The molecule has 3 aromatic rings. The second-order valence-corrected chi connectivity index (χ2v) is 11.1. The van der Waals surface area contributed by atoms with Gasteiger partial charge in [-0.2, -0.15) is 0 Å². The number of hydrogen-bond acceptors (Lipinski definition) is 7. The number of nitrogens with zero attached hydrogens (tertiary/aromatic N) is 3. The van der Waals surface area contributed by atoms with Crippen LogP contribution in [0.1, 0.15) is 40.1 Å². The molecular weight excluding hydrogens is 518 g/mol. The first-order valence-corrected chi connectivity index (χ1v) is 13.9. The van der Waals surface area contributed by atoms with E-state index < -0.39 is 0 Å². The molecule has 0 aromatic heterocycles. The van der Waals surface area contributed by atoms with Gasteiger partial charge < -0.3 is 30.7 Å². The monoisotopic (exact) mass is 559 g/mol. The number of hydrogen-bond donors (Lipinski definition) is 3. The van der Waals surface area contributed by atoms with Crippen LogP contribution in [0.5, 0.6) is 5.75 Å². The Balaban J connectivity index is 1.49. The van der Waals surface area contributed by atoms with Crippen LogP contribution in [0.25, 0.3) is 0 Å². The molecule has 4 rings (SSSR count). The maximum atomic E-state index is 13.5. The average Bonchev–Trinajstić information content (AvgIpc) is 2.95. The number of aliphatic hydroxyl groups excluding tert-OH is 1. The van der Waals surface area contributed by atoms with Gasteiger partial charge in [0.1, 0.15) is 6.10 Å². The summed E-state index contributed by atoms with van der Waals surface area (Å²) in [6, 6.07) is 20.0. The zero-order valence-electron chi connectivity index (χ0n) is 24.5. The SMILES string of the molecule is C[C@@H]1CN([C@H](C)CO)C(=O)c2cccc(N(C)C)c2O[C@@H]1CN(C)Cc1ccc(C(=O)Nc2ccccc2N)cc1. The van der Waals surface area contributed by atoms with Gasteiger partial charge in [0.2, 0.25) is 0 Å². The van der Waals surface area contributed by atoms with Gasteiger partial charge in [0.25, 0.3) is 11.8 Å². The number of nitrogens with one attached hydrogen (secondary N) is 1. The molecule has 0 saturated heterocycles. The van der Waals surface area contributed by atoms with E-state index in [9.17, 15) is 14.7 Å². The molecule has 3 aromatic carbocycles. The number of carbonyl (C=O) groups is 2. The Hall–Kier alpha value is -4.08. The summed E-state index contributed by atoms with van der Waals surface area (Å²) < 4.78 is 6.64.